The number of fused-ring (bicyclic) bond motifs is 2. The summed E-state index contributed by atoms with van der Waals surface area (Å²) < 4.78 is 26.5. The van der Waals surface area contributed by atoms with Crippen molar-refractivity contribution >= 4 is 11.7 Å². The van der Waals surface area contributed by atoms with Gasteiger partial charge in [0.05, 0.1) is 43.7 Å². The Morgan fingerprint density at radius 1 is 1.29 bits per heavy atom. The van der Waals surface area contributed by atoms with Gasteiger partial charge in [-0.1, -0.05) is 6.07 Å². The third kappa shape index (κ3) is 3.43. The number of amides is 1. The topological polar surface area (TPSA) is 75.1 Å². The van der Waals surface area contributed by atoms with Gasteiger partial charge in [-0.25, -0.2) is 9.37 Å². The Balaban J connectivity index is 1.32. The third-order valence-corrected chi connectivity index (χ3v) is 6.48. The highest BCUT2D eigenvalue weighted by atomic mass is 19.1. The molecule has 3 aliphatic heterocycles. The van der Waals surface area contributed by atoms with Gasteiger partial charge in [-0.05, 0) is 41.8 Å². The van der Waals surface area contributed by atoms with E-state index in [-0.39, 0.29) is 19.1 Å². The predicted molar refractivity (Wildman–Crippen MR) is 112 cm³/mol. The van der Waals surface area contributed by atoms with E-state index in [1.54, 1.807) is 13.1 Å². The molecule has 2 aromatic rings. The number of aryl methyl sites for hydroxylation is 1. The molecular weight excluding hydrogens is 401 g/mol. The predicted octanol–water partition coefficient (Wildman–Crippen LogP) is 2.54. The largest absolute Gasteiger partial charge is 0.487 e. The molecule has 5 rings (SSSR count). The summed E-state index contributed by atoms with van der Waals surface area (Å²) in [7, 11) is 1.66. The summed E-state index contributed by atoms with van der Waals surface area (Å²) in [5, 5.41) is 9.71. The van der Waals surface area contributed by atoms with E-state index in [0.29, 0.717) is 49.0 Å². The van der Waals surface area contributed by atoms with Crippen LogP contribution in [-0.2, 0) is 18.0 Å². The SMILES string of the molecule is Cc1cc2c(nc1N1CCC(Oc3ccc4c(c3)COC4)[C@H](F)C1)[C@@H](CO)N(C)C2=O. The van der Waals surface area contributed by atoms with Gasteiger partial charge in [-0.3, -0.25) is 4.79 Å². The lowest BCUT2D eigenvalue weighted by molar-refractivity contribution is 0.0714. The van der Waals surface area contributed by atoms with Crippen molar-refractivity contribution < 1.29 is 23.8 Å². The molecule has 4 heterocycles. The summed E-state index contributed by atoms with van der Waals surface area (Å²) in [5.41, 5.74) is 4.15. The second-order valence-electron chi connectivity index (χ2n) is 8.51. The molecule has 0 bridgehead atoms. The van der Waals surface area contributed by atoms with Gasteiger partial charge in [0.2, 0.25) is 0 Å². The average Bonchev–Trinajstić information content (AvgIpc) is 3.31. The first-order chi connectivity index (χ1) is 15.0. The maximum Gasteiger partial charge on any atom is 0.256 e. The lowest BCUT2D eigenvalue weighted by Crippen LogP contribution is -2.47. The molecule has 7 nitrogen and oxygen atoms in total. The van der Waals surface area contributed by atoms with Crippen molar-refractivity contribution in [2.24, 2.45) is 0 Å². The van der Waals surface area contributed by atoms with Crippen molar-refractivity contribution in [3.63, 3.8) is 0 Å². The Morgan fingerprint density at radius 3 is 2.87 bits per heavy atom. The van der Waals surface area contributed by atoms with Crippen LogP contribution in [0.5, 0.6) is 5.75 Å². The maximum atomic E-state index is 15.1. The molecule has 1 N–H and O–H groups in total. The van der Waals surface area contributed by atoms with Crippen molar-refractivity contribution in [1.82, 2.24) is 9.88 Å². The molecule has 0 radical (unpaired) electrons. The number of likely N-dealkylation sites (N-methyl/N-ethyl adjacent to an activating group) is 1. The van der Waals surface area contributed by atoms with E-state index in [4.69, 9.17) is 14.5 Å². The Bertz CT molecular complexity index is 1030. The van der Waals surface area contributed by atoms with Crippen LogP contribution in [0.3, 0.4) is 0 Å². The zero-order valence-corrected chi connectivity index (χ0v) is 17.7. The minimum atomic E-state index is -1.18. The van der Waals surface area contributed by atoms with Crippen LogP contribution in [0.4, 0.5) is 10.2 Å². The van der Waals surface area contributed by atoms with Crippen LogP contribution in [0.25, 0.3) is 0 Å². The van der Waals surface area contributed by atoms with Gasteiger partial charge < -0.3 is 24.4 Å². The molecule has 1 aromatic heterocycles. The zero-order chi connectivity index (χ0) is 21.7. The molecule has 1 unspecified atom stereocenters. The molecule has 1 amide bonds. The number of benzene rings is 1. The highest BCUT2D eigenvalue weighted by Crippen LogP contribution is 2.35. The maximum absolute atomic E-state index is 15.1. The number of carbonyl (C=O) groups is 1. The van der Waals surface area contributed by atoms with E-state index in [2.05, 4.69) is 0 Å². The first kappa shape index (κ1) is 20.2. The Morgan fingerprint density at radius 2 is 2.10 bits per heavy atom. The zero-order valence-electron chi connectivity index (χ0n) is 17.7. The number of hydrogen-bond acceptors (Lipinski definition) is 6. The van der Waals surface area contributed by atoms with Gasteiger partial charge in [-0.15, -0.1) is 0 Å². The Labute approximate surface area is 180 Å². The van der Waals surface area contributed by atoms with Crippen LogP contribution < -0.4 is 9.64 Å². The third-order valence-electron chi connectivity index (χ3n) is 6.48. The van der Waals surface area contributed by atoms with Crippen LogP contribution in [0.15, 0.2) is 24.3 Å². The van der Waals surface area contributed by atoms with Gasteiger partial charge >= 0.3 is 0 Å². The normalized spacial score (nSPS) is 25.0. The number of pyridine rings is 1. The fraction of sp³-hybridized carbons (Fsp3) is 0.478. The number of alkyl halides is 1. The summed E-state index contributed by atoms with van der Waals surface area (Å²) in [6.07, 6.45) is -1.18. The number of ether oxygens (including phenoxy) is 2. The molecule has 0 spiro atoms. The summed E-state index contributed by atoms with van der Waals surface area (Å²) in [6.45, 7) is 3.63. The van der Waals surface area contributed by atoms with E-state index in [1.165, 1.54) is 4.90 Å². The molecule has 0 saturated carbocycles. The van der Waals surface area contributed by atoms with Gasteiger partial charge in [0.1, 0.15) is 17.7 Å². The molecule has 1 fully saturated rings. The lowest BCUT2D eigenvalue weighted by Gasteiger charge is -2.36. The number of piperidine rings is 1. The number of aromatic nitrogens is 1. The minimum absolute atomic E-state index is 0.147. The summed E-state index contributed by atoms with van der Waals surface area (Å²) >= 11 is 0. The van der Waals surface area contributed by atoms with Crippen molar-refractivity contribution in [2.75, 3.05) is 31.6 Å². The quantitative estimate of drug-likeness (QED) is 0.808. The van der Waals surface area contributed by atoms with Gasteiger partial charge in [0, 0.05) is 20.0 Å². The lowest BCUT2D eigenvalue weighted by atomic mass is 10.0. The highest BCUT2D eigenvalue weighted by Gasteiger charge is 2.38. The second-order valence-corrected chi connectivity index (χ2v) is 8.51. The van der Waals surface area contributed by atoms with Gasteiger partial charge in [0.25, 0.3) is 5.91 Å². The summed E-state index contributed by atoms with van der Waals surface area (Å²) in [6, 6.07) is 7.13. The summed E-state index contributed by atoms with van der Waals surface area (Å²) in [4.78, 5) is 20.5. The van der Waals surface area contributed by atoms with Crippen molar-refractivity contribution in [1.29, 1.82) is 0 Å². The minimum Gasteiger partial charge on any atom is -0.487 e. The first-order valence-electron chi connectivity index (χ1n) is 10.6. The molecular formula is C23H26FN3O4. The van der Waals surface area contributed by atoms with Gasteiger partial charge in [-0.2, -0.15) is 0 Å². The fourth-order valence-electron chi connectivity index (χ4n) is 4.69. The molecule has 0 aliphatic carbocycles. The second kappa shape index (κ2) is 7.76. The number of hydrogen-bond donors (Lipinski definition) is 1. The van der Waals surface area contributed by atoms with Crippen LogP contribution >= 0.6 is 0 Å². The number of carbonyl (C=O) groups excluding carboxylic acids is 1. The Kier molecular flexibility index (Phi) is 5.06. The number of nitrogens with zero attached hydrogens (tertiary/aromatic N) is 3. The molecule has 164 valence electrons. The fourth-order valence-corrected chi connectivity index (χ4v) is 4.69. The van der Waals surface area contributed by atoms with Crippen LogP contribution in [0.1, 0.15) is 45.2 Å². The number of rotatable bonds is 4. The van der Waals surface area contributed by atoms with E-state index >= 15 is 4.39 Å². The molecule has 3 atom stereocenters. The number of aliphatic hydroxyl groups is 1. The van der Waals surface area contributed by atoms with Gasteiger partial charge in [0.15, 0.2) is 6.17 Å². The molecule has 3 aliphatic rings. The number of halogens is 1. The van der Waals surface area contributed by atoms with Crippen LogP contribution in [-0.4, -0.2) is 59.9 Å². The van der Waals surface area contributed by atoms with Crippen LogP contribution in [0.2, 0.25) is 0 Å². The van der Waals surface area contributed by atoms with E-state index in [9.17, 15) is 9.90 Å². The van der Waals surface area contributed by atoms with Crippen LogP contribution in [0, 0.1) is 6.92 Å². The standard InChI is InChI=1S/C23H26FN3O4/c1-13-7-17-21(19(10-28)26(2)23(17)29)25-22(13)27-6-5-20(18(24)9-27)31-16-4-3-14-11-30-12-15(14)8-16/h3-4,7-8,18-20,28H,5-6,9-12H2,1-2H3/t18-,19-,20?/m1/s1. The van der Waals surface area contributed by atoms with Crippen molar-refractivity contribution in [3.05, 3.63) is 52.2 Å². The molecule has 1 saturated heterocycles. The highest BCUT2D eigenvalue weighted by molar-refractivity contribution is 5.99. The summed E-state index contributed by atoms with van der Waals surface area (Å²) in [5.74, 6) is 1.19. The number of aliphatic hydroxyl groups excluding tert-OH is 1. The Hall–Kier alpha value is -2.71. The average molecular weight is 427 g/mol. The van der Waals surface area contributed by atoms with E-state index < -0.39 is 18.3 Å². The van der Waals surface area contributed by atoms with Crippen molar-refractivity contribution in [3.8, 4) is 5.75 Å². The molecule has 1 aromatic carbocycles. The molecule has 8 heteroatoms. The smallest absolute Gasteiger partial charge is 0.256 e. The van der Waals surface area contributed by atoms with E-state index in [1.807, 2.05) is 30.0 Å². The first-order valence-corrected chi connectivity index (χ1v) is 10.6. The molecule has 31 heavy (non-hydrogen) atoms. The van der Waals surface area contributed by atoms with Crippen molar-refractivity contribution in [2.45, 2.75) is 44.9 Å². The number of anilines is 1. The monoisotopic (exact) mass is 427 g/mol. The van der Waals surface area contributed by atoms with E-state index in [0.717, 1.165) is 16.7 Å².